The van der Waals surface area contributed by atoms with Gasteiger partial charge in [-0.1, -0.05) is 20.8 Å². The molecular weight excluding hydrogens is 257 g/mol. The van der Waals surface area contributed by atoms with Gasteiger partial charge < -0.3 is 10.2 Å². The highest BCUT2D eigenvalue weighted by molar-refractivity contribution is 5.84. The molecule has 1 fully saturated rings. The van der Waals surface area contributed by atoms with E-state index in [9.17, 15) is 18.0 Å². The molecule has 6 heteroatoms. The highest BCUT2D eigenvalue weighted by Crippen LogP contribution is 2.45. The lowest BCUT2D eigenvalue weighted by atomic mass is 9.81. The molecular formula is C13H23F3N2O. The van der Waals surface area contributed by atoms with Gasteiger partial charge in [0.25, 0.3) is 0 Å². The molecule has 0 aliphatic carbocycles. The summed E-state index contributed by atoms with van der Waals surface area (Å²) in [5.41, 5.74) is -2.52. The highest BCUT2D eigenvalue weighted by Gasteiger charge is 2.62. The molecule has 3 nitrogen and oxygen atoms in total. The first-order chi connectivity index (χ1) is 8.43. The zero-order chi connectivity index (χ0) is 15.1. The summed E-state index contributed by atoms with van der Waals surface area (Å²) in [6.45, 7) is 7.42. The van der Waals surface area contributed by atoms with Gasteiger partial charge in [-0.25, -0.2) is 0 Å². The normalized spacial score (nSPS) is 26.3. The van der Waals surface area contributed by atoms with Crippen LogP contribution in [-0.2, 0) is 4.79 Å². The Morgan fingerprint density at radius 1 is 1.32 bits per heavy atom. The van der Waals surface area contributed by atoms with E-state index in [1.54, 1.807) is 6.92 Å². The lowest BCUT2D eigenvalue weighted by molar-refractivity contribution is -0.222. The third-order valence-electron chi connectivity index (χ3n) is 4.26. The summed E-state index contributed by atoms with van der Waals surface area (Å²) >= 11 is 0. The predicted octanol–water partition coefficient (Wildman–Crippen LogP) is 2.42. The number of hydrogen-bond acceptors (Lipinski definition) is 2. The van der Waals surface area contributed by atoms with E-state index >= 15 is 0 Å². The van der Waals surface area contributed by atoms with Gasteiger partial charge in [-0.05, 0) is 25.3 Å². The quantitative estimate of drug-likeness (QED) is 0.842. The summed E-state index contributed by atoms with van der Waals surface area (Å²) in [5.74, 6) is -0.826. The van der Waals surface area contributed by atoms with Crippen molar-refractivity contribution in [3.05, 3.63) is 0 Å². The van der Waals surface area contributed by atoms with Crippen LogP contribution in [0.4, 0.5) is 13.2 Å². The Kier molecular flexibility index (Phi) is 4.25. The van der Waals surface area contributed by atoms with Gasteiger partial charge >= 0.3 is 6.18 Å². The van der Waals surface area contributed by atoms with E-state index in [0.29, 0.717) is 0 Å². The number of nitrogens with zero attached hydrogens (tertiary/aromatic N) is 1. The second-order valence-corrected chi connectivity index (χ2v) is 6.46. The minimum atomic E-state index is -4.51. The zero-order valence-corrected chi connectivity index (χ0v) is 12.2. The Hall–Kier alpha value is -0.780. The van der Waals surface area contributed by atoms with Crippen LogP contribution in [-0.4, -0.2) is 43.2 Å². The van der Waals surface area contributed by atoms with Gasteiger partial charge in [0.2, 0.25) is 5.91 Å². The molecule has 0 spiro atoms. The Labute approximate surface area is 112 Å². The van der Waals surface area contributed by atoms with E-state index in [2.05, 4.69) is 5.32 Å². The second-order valence-electron chi connectivity index (χ2n) is 6.46. The number of carbonyl (C=O) groups excluding carboxylic acids is 1. The summed E-state index contributed by atoms with van der Waals surface area (Å²) in [5, 5.41) is 2.67. The third-order valence-corrected chi connectivity index (χ3v) is 4.26. The lowest BCUT2D eigenvalue weighted by Gasteiger charge is -2.40. The molecule has 1 saturated heterocycles. The van der Waals surface area contributed by atoms with E-state index in [1.165, 1.54) is 11.9 Å². The summed E-state index contributed by atoms with van der Waals surface area (Å²) in [6.07, 6.45) is -4.70. The van der Waals surface area contributed by atoms with Crippen LogP contribution in [0.5, 0.6) is 0 Å². The van der Waals surface area contributed by atoms with E-state index in [1.807, 2.05) is 20.8 Å². The maximum atomic E-state index is 13.3. The molecule has 19 heavy (non-hydrogen) atoms. The Morgan fingerprint density at radius 3 is 2.16 bits per heavy atom. The van der Waals surface area contributed by atoms with E-state index < -0.39 is 17.5 Å². The predicted molar refractivity (Wildman–Crippen MR) is 67.7 cm³/mol. The smallest absolute Gasteiger partial charge is 0.342 e. The largest absolute Gasteiger partial charge is 0.404 e. The van der Waals surface area contributed by atoms with Crippen LogP contribution in [0.15, 0.2) is 0 Å². The first-order valence-electron chi connectivity index (χ1n) is 6.48. The second kappa shape index (κ2) is 4.96. The van der Waals surface area contributed by atoms with Gasteiger partial charge in [0.1, 0.15) is 0 Å². The van der Waals surface area contributed by atoms with Crippen LogP contribution in [0.25, 0.3) is 0 Å². The number of rotatable bonds is 2. The maximum absolute atomic E-state index is 13.3. The minimum Gasteiger partial charge on any atom is -0.342 e. The Morgan fingerprint density at radius 2 is 1.84 bits per heavy atom. The fraction of sp³-hybridized carbons (Fsp3) is 0.923. The van der Waals surface area contributed by atoms with Crippen molar-refractivity contribution in [1.29, 1.82) is 0 Å². The SMILES string of the molecule is CC(N(C)C(=O)C1(C(F)(F)F)CCNC1)C(C)(C)C. The van der Waals surface area contributed by atoms with Crippen LogP contribution in [0.2, 0.25) is 0 Å². The standard InChI is InChI=1S/C13H23F3N2O/c1-9(11(2,3)4)18(5)10(19)12(13(14,15)16)6-7-17-8-12/h9,17H,6-8H2,1-5H3. The van der Waals surface area contributed by atoms with Crippen LogP contribution >= 0.6 is 0 Å². The van der Waals surface area contributed by atoms with E-state index in [0.717, 1.165) is 0 Å². The van der Waals surface area contributed by atoms with Crippen molar-refractivity contribution >= 4 is 5.91 Å². The number of halogens is 3. The molecule has 1 aliphatic heterocycles. The molecule has 112 valence electrons. The van der Waals surface area contributed by atoms with Gasteiger partial charge in [0.15, 0.2) is 5.41 Å². The van der Waals surface area contributed by atoms with Crippen molar-refractivity contribution in [1.82, 2.24) is 10.2 Å². The van der Waals surface area contributed by atoms with Gasteiger partial charge in [0.05, 0.1) is 0 Å². The lowest BCUT2D eigenvalue weighted by Crippen LogP contribution is -2.56. The van der Waals surface area contributed by atoms with Crippen LogP contribution in [0.3, 0.4) is 0 Å². The summed E-state index contributed by atoms with van der Waals surface area (Å²) in [6, 6.07) is -0.264. The molecule has 0 aromatic rings. The van der Waals surface area contributed by atoms with Crippen molar-refractivity contribution in [2.45, 2.75) is 46.3 Å². The van der Waals surface area contributed by atoms with Crippen molar-refractivity contribution in [3.63, 3.8) is 0 Å². The number of hydrogen-bond donors (Lipinski definition) is 1. The molecule has 1 amide bonds. The van der Waals surface area contributed by atoms with Gasteiger partial charge in [-0.2, -0.15) is 13.2 Å². The number of amides is 1. The Bertz CT molecular complexity index is 341. The number of carbonyl (C=O) groups is 1. The molecule has 1 N–H and O–H groups in total. The molecule has 1 rings (SSSR count). The zero-order valence-electron chi connectivity index (χ0n) is 12.2. The van der Waals surface area contributed by atoms with Crippen molar-refractivity contribution in [3.8, 4) is 0 Å². The summed E-state index contributed by atoms with van der Waals surface area (Å²) < 4.78 is 39.9. The van der Waals surface area contributed by atoms with Gasteiger partial charge in [-0.15, -0.1) is 0 Å². The van der Waals surface area contributed by atoms with Crippen molar-refractivity contribution in [2.75, 3.05) is 20.1 Å². The number of nitrogens with one attached hydrogen (secondary N) is 1. The average Bonchev–Trinajstić information content (AvgIpc) is 2.74. The van der Waals surface area contributed by atoms with Gasteiger partial charge in [-0.3, -0.25) is 4.79 Å². The van der Waals surface area contributed by atoms with E-state index in [-0.39, 0.29) is 31.0 Å². The van der Waals surface area contributed by atoms with Crippen LogP contribution < -0.4 is 5.32 Å². The maximum Gasteiger partial charge on any atom is 0.404 e. The average molecular weight is 280 g/mol. The topological polar surface area (TPSA) is 32.3 Å². The fourth-order valence-corrected chi connectivity index (χ4v) is 2.33. The Balaban J connectivity index is 3.03. The minimum absolute atomic E-state index is 0.184. The molecule has 2 atom stereocenters. The number of alkyl halides is 3. The molecule has 0 aromatic carbocycles. The van der Waals surface area contributed by atoms with E-state index in [4.69, 9.17) is 0 Å². The highest BCUT2D eigenvalue weighted by atomic mass is 19.4. The van der Waals surface area contributed by atoms with Crippen LogP contribution in [0, 0.1) is 10.8 Å². The molecule has 0 radical (unpaired) electrons. The summed E-state index contributed by atoms with van der Waals surface area (Å²) in [7, 11) is 1.46. The first-order valence-corrected chi connectivity index (χ1v) is 6.48. The van der Waals surface area contributed by atoms with Crippen molar-refractivity contribution in [2.24, 2.45) is 10.8 Å². The third kappa shape index (κ3) is 2.88. The van der Waals surface area contributed by atoms with Crippen LogP contribution in [0.1, 0.15) is 34.1 Å². The molecule has 0 saturated carbocycles. The molecule has 1 aliphatic rings. The fourth-order valence-electron chi connectivity index (χ4n) is 2.33. The first kappa shape index (κ1) is 16.3. The molecule has 0 bridgehead atoms. The molecule has 2 unspecified atom stereocenters. The molecule has 0 aromatic heterocycles. The van der Waals surface area contributed by atoms with Gasteiger partial charge in [0, 0.05) is 19.6 Å². The summed E-state index contributed by atoms with van der Waals surface area (Å²) in [4.78, 5) is 13.6. The molecule has 1 heterocycles. The monoisotopic (exact) mass is 280 g/mol. The van der Waals surface area contributed by atoms with Crippen molar-refractivity contribution < 1.29 is 18.0 Å².